The lowest BCUT2D eigenvalue weighted by atomic mass is 10.2. The monoisotopic (exact) mass is 526 g/mol. The van der Waals surface area contributed by atoms with Gasteiger partial charge in [-0.1, -0.05) is 38.5 Å². The van der Waals surface area contributed by atoms with Crippen LogP contribution in [0.2, 0.25) is 0 Å². The second kappa shape index (κ2) is 23.5. The number of urea groups is 2. The predicted molar refractivity (Wildman–Crippen MR) is 145 cm³/mol. The summed E-state index contributed by atoms with van der Waals surface area (Å²) in [6.45, 7) is 7.78. The molecule has 0 aromatic carbocycles. The molecule has 11 nitrogen and oxygen atoms in total. The summed E-state index contributed by atoms with van der Waals surface area (Å²) < 4.78 is 0. The van der Waals surface area contributed by atoms with Crippen LogP contribution in [0.3, 0.4) is 0 Å². The fourth-order valence-corrected chi connectivity index (χ4v) is 3.63. The Morgan fingerprint density at radius 3 is 0.973 bits per heavy atom. The maximum atomic E-state index is 12.7. The van der Waals surface area contributed by atoms with E-state index in [1.165, 1.54) is 25.7 Å². The van der Waals surface area contributed by atoms with Crippen LogP contribution in [0.25, 0.3) is 0 Å². The van der Waals surface area contributed by atoms with Crippen molar-refractivity contribution in [3.8, 4) is 0 Å². The van der Waals surface area contributed by atoms with E-state index in [9.17, 15) is 24.0 Å². The molecule has 11 heteroatoms. The molecule has 0 radical (unpaired) electrons. The Kier molecular flexibility index (Phi) is 21.7. The van der Waals surface area contributed by atoms with Gasteiger partial charge in [-0.15, -0.1) is 0 Å². The first-order valence-corrected chi connectivity index (χ1v) is 13.8. The van der Waals surface area contributed by atoms with Gasteiger partial charge in [-0.05, 0) is 38.5 Å². The molecule has 0 aromatic heterocycles. The summed E-state index contributed by atoms with van der Waals surface area (Å²) in [5.74, 6) is -0.0966. The molecule has 0 aliphatic rings. The number of nitrogens with zero attached hydrogens (tertiary/aromatic N) is 1. The zero-order valence-electron chi connectivity index (χ0n) is 23.2. The molecule has 7 amide bonds. The minimum atomic E-state index is -0.385. The van der Waals surface area contributed by atoms with E-state index < -0.39 is 0 Å². The molecule has 0 saturated heterocycles. The van der Waals surface area contributed by atoms with E-state index in [0.717, 1.165) is 70.6 Å². The summed E-state index contributed by atoms with van der Waals surface area (Å²) in [5, 5.41) is 14.0. The molecule has 0 aliphatic heterocycles. The first-order chi connectivity index (χ1) is 17.7. The van der Waals surface area contributed by atoms with Crippen molar-refractivity contribution in [2.24, 2.45) is 0 Å². The Hall–Kier alpha value is -2.85. The summed E-state index contributed by atoms with van der Waals surface area (Å²) in [7, 11) is 0. The Morgan fingerprint density at radius 2 is 0.676 bits per heavy atom. The van der Waals surface area contributed by atoms with Crippen molar-refractivity contribution in [2.45, 2.75) is 97.8 Å². The number of nitrogens with one attached hydrogen (secondary N) is 5. The molecule has 5 N–H and O–H groups in total. The van der Waals surface area contributed by atoms with Crippen LogP contribution in [0.4, 0.5) is 9.59 Å². The second-order valence-electron chi connectivity index (χ2n) is 9.31. The van der Waals surface area contributed by atoms with Crippen molar-refractivity contribution < 1.29 is 24.0 Å². The van der Waals surface area contributed by atoms with Gasteiger partial charge < -0.3 is 26.6 Å². The molecule has 0 atom stereocenters. The summed E-state index contributed by atoms with van der Waals surface area (Å²) in [6, 6.07) is -0.770. The van der Waals surface area contributed by atoms with E-state index in [1.54, 1.807) is 0 Å². The number of unbranched alkanes of at least 4 members (excludes halogenated alkanes) is 9. The van der Waals surface area contributed by atoms with Crippen LogP contribution in [0.1, 0.15) is 97.8 Å². The van der Waals surface area contributed by atoms with Crippen LogP contribution in [0.5, 0.6) is 0 Å². The molecule has 214 valence electrons. The third-order valence-electron chi connectivity index (χ3n) is 5.68. The highest BCUT2D eigenvalue weighted by molar-refractivity contribution is 5.93. The maximum Gasteiger partial charge on any atom is 0.325 e. The van der Waals surface area contributed by atoms with Gasteiger partial charge in [-0.3, -0.25) is 14.4 Å². The number of carbonyl (C=O) groups excluding carboxylic acids is 5. The molecular formula is C26H50N6O5. The molecule has 0 aliphatic carbocycles. The van der Waals surface area contributed by atoms with Gasteiger partial charge in [0.2, 0.25) is 17.7 Å². The van der Waals surface area contributed by atoms with E-state index in [0.29, 0.717) is 45.7 Å². The largest absolute Gasteiger partial charge is 0.356 e. The van der Waals surface area contributed by atoms with Crippen molar-refractivity contribution in [1.82, 2.24) is 31.5 Å². The number of hydrogen-bond donors (Lipinski definition) is 5. The van der Waals surface area contributed by atoms with Gasteiger partial charge in [-0.2, -0.15) is 0 Å². The number of hydrogen-bond acceptors (Lipinski definition) is 5. The summed E-state index contributed by atoms with van der Waals surface area (Å²) in [5.41, 5.74) is 0. The molecule has 0 rings (SSSR count). The highest BCUT2D eigenvalue weighted by Crippen LogP contribution is 2.04. The van der Waals surface area contributed by atoms with Crippen LogP contribution >= 0.6 is 0 Å². The number of carbonyl (C=O) groups is 5. The highest BCUT2D eigenvalue weighted by atomic mass is 16.2. The third kappa shape index (κ3) is 23.3. The van der Waals surface area contributed by atoms with Gasteiger partial charge in [-0.25, -0.2) is 14.5 Å². The summed E-state index contributed by atoms with van der Waals surface area (Å²) >= 11 is 0. The number of amides is 7. The van der Waals surface area contributed by atoms with Gasteiger partial charge in [0.15, 0.2) is 0 Å². The minimum absolute atomic E-state index is 0.0275. The van der Waals surface area contributed by atoms with E-state index in [-0.39, 0.29) is 29.8 Å². The van der Waals surface area contributed by atoms with Gasteiger partial charge >= 0.3 is 12.1 Å². The highest BCUT2D eigenvalue weighted by Gasteiger charge is 2.20. The molecule has 0 bridgehead atoms. The normalized spacial score (nSPS) is 10.4. The van der Waals surface area contributed by atoms with Crippen molar-refractivity contribution in [2.75, 3.05) is 39.3 Å². The fourth-order valence-electron chi connectivity index (χ4n) is 3.63. The van der Waals surface area contributed by atoms with Crippen molar-refractivity contribution >= 4 is 29.8 Å². The first-order valence-electron chi connectivity index (χ1n) is 13.8. The van der Waals surface area contributed by atoms with Crippen molar-refractivity contribution in [1.29, 1.82) is 0 Å². The third-order valence-corrected chi connectivity index (χ3v) is 5.68. The lowest BCUT2D eigenvalue weighted by Crippen LogP contribution is -2.49. The van der Waals surface area contributed by atoms with Crippen LogP contribution in [0, 0.1) is 0 Å². The minimum Gasteiger partial charge on any atom is -0.356 e. The molecule has 0 heterocycles. The van der Waals surface area contributed by atoms with Gasteiger partial charge in [0.05, 0.1) is 0 Å². The van der Waals surface area contributed by atoms with Gasteiger partial charge in [0.1, 0.15) is 0 Å². The average Bonchev–Trinajstić information content (AvgIpc) is 2.83. The smallest absolute Gasteiger partial charge is 0.325 e. The summed E-state index contributed by atoms with van der Waals surface area (Å²) in [6.07, 6.45) is 10.5. The lowest BCUT2D eigenvalue weighted by Gasteiger charge is -2.22. The molecule has 0 fully saturated rings. The lowest BCUT2D eigenvalue weighted by molar-refractivity contribution is -0.119. The van der Waals surface area contributed by atoms with Crippen LogP contribution in [0.15, 0.2) is 0 Å². The fraction of sp³-hybridized carbons (Fsp3) is 0.808. The Balaban J connectivity index is 4.33. The number of imide groups is 1. The Bertz CT molecular complexity index is 632. The molecule has 37 heavy (non-hydrogen) atoms. The predicted octanol–water partition coefficient (Wildman–Crippen LogP) is 2.80. The van der Waals surface area contributed by atoms with E-state index in [2.05, 4.69) is 26.6 Å². The zero-order chi connectivity index (χ0) is 27.7. The van der Waals surface area contributed by atoms with Gasteiger partial charge in [0, 0.05) is 60.0 Å². The van der Waals surface area contributed by atoms with E-state index in [1.807, 2.05) is 0 Å². The molecule has 0 saturated carbocycles. The van der Waals surface area contributed by atoms with Crippen LogP contribution in [-0.2, 0) is 14.4 Å². The van der Waals surface area contributed by atoms with Crippen LogP contribution in [-0.4, -0.2) is 74.0 Å². The quantitative estimate of drug-likeness (QED) is 0.146. The SMILES string of the molecule is CC(=O)NCCCCCCNC(=O)N(CCCCCCNC(C)=O)C(=O)NCCCCCCNC(C)=O. The maximum absolute atomic E-state index is 12.7. The molecule has 0 spiro atoms. The Morgan fingerprint density at radius 1 is 0.405 bits per heavy atom. The molecule has 0 aromatic rings. The van der Waals surface area contributed by atoms with Gasteiger partial charge in [0.25, 0.3) is 0 Å². The standard InChI is InChI=1S/C26H50N6O5/c1-22(33)27-16-10-4-6-13-19-30-25(36)32(21-15-9-8-12-18-29-24(3)35)26(37)31-20-14-7-5-11-17-28-23(2)34/h4-21H2,1-3H3,(H,27,33)(H,28,34)(H,29,35)(H,30,36)(H,31,37). The molecular weight excluding hydrogens is 476 g/mol. The topological polar surface area (TPSA) is 149 Å². The Labute approximate surface area is 222 Å². The average molecular weight is 527 g/mol. The first kappa shape index (κ1) is 34.1. The number of rotatable bonds is 21. The summed E-state index contributed by atoms with van der Waals surface area (Å²) in [4.78, 5) is 59.4. The van der Waals surface area contributed by atoms with Crippen molar-refractivity contribution in [3.63, 3.8) is 0 Å². The van der Waals surface area contributed by atoms with Crippen LogP contribution < -0.4 is 26.6 Å². The van der Waals surface area contributed by atoms with E-state index >= 15 is 0 Å². The van der Waals surface area contributed by atoms with E-state index in [4.69, 9.17) is 0 Å². The van der Waals surface area contributed by atoms with Crippen molar-refractivity contribution in [3.05, 3.63) is 0 Å². The second-order valence-corrected chi connectivity index (χ2v) is 9.31. The zero-order valence-corrected chi connectivity index (χ0v) is 23.2. The molecule has 0 unspecified atom stereocenters.